The van der Waals surface area contributed by atoms with Gasteiger partial charge in [0, 0.05) is 0 Å². The van der Waals surface area contributed by atoms with Crippen LogP contribution in [0.2, 0.25) is 0 Å². The third-order valence-corrected chi connectivity index (χ3v) is 3.40. The Labute approximate surface area is 112 Å². The molecule has 1 unspecified atom stereocenters. The summed E-state index contributed by atoms with van der Waals surface area (Å²) < 4.78 is 5.76. The molecule has 2 nitrogen and oxygen atoms in total. The van der Waals surface area contributed by atoms with E-state index in [-0.39, 0.29) is 0 Å². The minimum atomic E-state index is 0.576. The number of hydrogen-bond donors (Lipinski definition) is 1. The van der Waals surface area contributed by atoms with Crippen LogP contribution in [-0.4, -0.2) is 13.2 Å². The summed E-state index contributed by atoms with van der Waals surface area (Å²) >= 11 is 0. The summed E-state index contributed by atoms with van der Waals surface area (Å²) in [6.45, 7) is 10.3. The van der Waals surface area contributed by atoms with Crippen LogP contribution in [0, 0.1) is 13.8 Å². The van der Waals surface area contributed by atoms with Gasteiger partial charge in [-0.3, -0.25) is 0 Å². The molecule has 0 saturated heterocycles. The maximum Gasteiger partial charge on any atom is 0.122 e. The molecule has 0 saturated carbocycles. The van der Waals surface area contributed by atoms with E-state index >= 15 is 0 Å². The lowest BCUT2D eigenvalue weighted by molar-refractivity contribution is 0.315. The molecule has 2 heteroatoms. The Morgan fingerprint density at radius 3 is 2.56 bits per heavy atom. The fourth-order valence-electron chi connectivity index (χ4n) is 2.29. The summed E-state index contributed by atoms with van der Waals surface area (Å²) in [6, 6.07) is 4.46. The van der Waals surface area contributed by atoms with Crippen molar-refractivity contribution < 1.29 is 4.74 Å². The minimum Gasteiger partial charge on any atom is -0.493 e. The number of nitrogens with two attached hydrogens (primary N) is 1. The van der Waals surface area contributed by atoms with Crippen molar-refractivity contribution in [3.05, 3.63) is 28.8 Å². The highest BCUT2D eigenvalue weighted by molar-refractivity contribution is 5.42. The van der Waals surface area contributed by atoms with Gasteiger partial charge < -0.3 is 10.5 Å². The van der Waals surface area contributed by atoms with Crippen molar-refractivity contribution in [1.82, 2.24) is 0 Å². The Balaban J connectivity index is 2.85. The molecule has 0 radical (unpaired) electrons. The number of aryl methyl sites for hydroxylation is 2. The van der Waals surface area contributed by atoms with Crippen molar-refractivity contribution in [1.29, 1.82) is 0 Å². The molecule has 2 N–H and O–H groups in total. The zero-order valence-electron chi connectivity index (χ0n) is 12.3. The lowest BCUT2D eigenvalue weighted by Crippen LogP contribution is -2.04. The first-order valence-electron chi connectivity index (χ1n) is 7.04. The van der Waals surface area contributed by atoms with Crippen LogP contribution in [0.25, 0.3) is 0 Å². The molecule has 0 aromatic heterocycles. The predicted molar refractivity (Wildman–Crippen MR) is 78.4 cm³/mol. The molecular weight excluding hydrogens is 222 g/mol. The smallest absolute Gasteiger partial charge is 0.122 e. The first kappa shape index (κ1) is 15.0. The van der Waals surface area contributed by atoms with Gasteiger partial charge in [-0.2, -0.15) is 0 Å². The van der Waals surface area contributed by atoms with Crippen molar-refractivity contribution in [3.8, 4) is 5.75 Å². The van der Waals surface area contributed by atoms with Crippen molar-refractivity contribution in [2.45, 2.75) is 52.9 Å². The number of hydrogen-bond acceptors (Lipinski definition) is 2. The van der Waals surface area contributed by atoms with Crippen LogP contribution >= 0.6 is 0 Å². The predicted octanol–water partition coefficient (Wildman–Crippen LogP) is 3.93. The number of ether oxygens (including phenoxy) is 1. The van der Waals surface area contributed by atoms with Crippen LogP contribution in [0.3, 0.4) is 0 Å². The SMILES string of the molecule is CCCOc1cc(C)c(C(C)CCCN)cc1C. The maximum absolute atomic E-state index is 5.76. The van der Waals surface area contributed by atoms with E-state index in [0.717, 1.165) is 38.2 Å². The molecule has 0 heterocycles. The van der Waals surface area contributed by atoms with Gasteiger partial charge >= 0.3 is 0 Å². The van der Waals surface area contributed by atoms with Gasteiger partial charge in [0.25, 0.3) is 0 Å². The topological polar surface area (TPSA) is 35.2 Å². The van der Waals surface area contributed by atoms with Crippen molar-refractivity contribution in [2.24, 2.45) is 5.73 Å². The van der Waals surface area contributed by atoms with E-state index in [9.17, 15) is 0 Å². The highest BCUT2D eigenvalue weighted by Gasteiger charge is 2.11. The Hall–Kier alpha value is -1.02. The monoisotopic (exact) mass is 249 g/mol. The molecule has 0 aliphatic heterocycles. The molecule has 18 heavy (non-hydrogen) atoms. The fraction of sp³-hybridized carbons (Fsp3) is 0.625. The Morgan fingerprint density at radius 1 is 1.22 bits per heavy atom. The molecular formula is C16H27NO. The van der Waals surface area contributed by atoms with E-state index in [4.69, 9.17) is 10.5 Å². The van der Waals surface area contributed by atoms with Gasteiger partial charge in [-0.25, -0.2) is 0 Å². The first-order valence-corrected chi connectivity index (χ1v) is 7.04. The highest BCUT2D eigenvalue weighted by atomic mass is 16.5. The summed E-state index contributed by atoms with van der Waals surface area (Å²) in [5.41, 5.74) is 9.59. The molecule has 102 valence electrons. The highest BCUT2D eigenvalue weighted by Crippen LogP contribution is 2.29. The summed E-state index contributed by atoms with van der Waals surface area (Å²) in [5.74, 6) is 1.61. The second kappa shape index (κ2) is 7.42. The largest absolute Gasteiger partial charge is 0.493 e. The Kier molecular flexibility index (Phi) is 6.20. The zero-order valence-corrected chi connectivity index (χ0v) is 12.3. The second-order valence-electron chi connectivity index (χ2n) is 5.15. The van der Waals surface area contributed by atoms with Crippen molar-refractivity contribution in [3.63, 3.8) is 0 Å². The zero-order chi connectivity index (χ0) is 13.5. The molecule has 1 atom stereocenters. The number of benzene rings is 1. The van der Waals surface area contributed by atoms with Gasteiger partial charge in [0.15, 0.2) is 0 Å². The fourth-order valence-corrected chi connectivity index (χ4v) is 2.29. The number of rotatable bonds is 7. The van der Waals surface area contributed by atoms with E-state index in [1.165, 1.54) is 16.7 Å². The average molecular weight is 249 g/mol. The Morgan fingerprint density at radius 2 is 1.94 bits per heavy atom. The van der Waals surface area contributed by atoms with Crippen molar-refractivity contribution >= 4 is 0 Å². The van der Waals surface area contributed by atoms with Crippen LogP contribution in [-0.2, 0) is 0 Å². The van der Waals surface area contributed by atoms with Gasteiger partial charge in [0.1, 0.15) is 5.75 Å². The quantitative estimate of drug-likeness (QED) is 0.794. The summed E-state index contributed by atoms with van der Waals surface area (Å²) in [6.07, 6.45) is 3.30. The van der Waals surface area contributed by atoms with Gasteiger partial charge in [-0.15, -0.1) is 0 Å². The van der Waals surface area contributed by atoms with Gasteiger partial charge in [-0.1, -0.05) is 19.9 Å². The molecule has 0 aliphatic rings. The second-order valence-corrected chi connectivity index (χ2v) is 5.15. The van der Waals surface area contributed by atoms with Crippen molar-refractivity contribution in [2.75, 3.05) is 13.2 Å². The van der Waals surface area contributed by atoms with Crippen LogP contribution in [0.15, 0.2) is 12.1 Å². The third-order valence-electron chi connectivity index (χ3n) is 3.40. The van der Waals surface area contributed by atoms with Crippen LogP contribution in [0.5, 0.6) is 5.75 Å². The molecule has 0 fully saturated rings. The Bertz CT molecular complexity index is 374. The van der Waals surface area contributed by atoms with Crippen LogP contribution < -0.4 is 10.5 Å². The van der Waals surface area contributed by atoms with E-state index < -0.39 is 0 Å². The molecule has 0 aliphatic carbocycles. The average Bonchev–Trinajstić information content (AvgIpc) is 2.36. The molecule has 0 bridgehead atoms. The van der Waals surface area contributed by atoms with Gasteiger partial charge in [0.05, 0.1) is 6.61 Å². The molecule has 1 rings (SSSR count). The van der Waals surface area contributed by atoms with E-state index in [1.54, 1.807) is 0 Å². The minimum absolute atomic E-state index is 0.576. The third kappa shape index (κ3) is 4.02. The summed E-state index contributed by atoms with van der Waals surface area (Å²) in [7, 11) is 0. The normalized spacial score (nSPS) is 12.5. The lowest BCUT2D eigenvalue weighted by Gasteiger charge is -2.18. The standard InChI is InChI=1S/C16H27NO/c1-5-9-18-16-11-13(3)15(10-14(16)4)12(2)7-6-8-17/h10-12H,5-9,17H2,1-4H3. The van der Waals surface area contributed by atoms with Gasteiger partial charge in [0.2, 0.25) is 0 Å². The van der Waals surface area contributed by atoms with E-state index in [2.05, 4.69) is 39.8 Å². The molecule has 0 spiro atoms. The van der Waals surface area contributed by atoms with Gasteiger partial charge in [-0.05, 0) is 68.3 Å². The van der Waals surface area contributed by atoms with E-state index in [1.807, 2.05) is 0 Å². The first-order chi connectivity index (χ1) is 8.60. The van der Waals surface area contributed by atoms with E-state index in [0.29, 0.717) is 5.92 Å². The molecule has 0 amide bonds. The maximum atomic E-state index is 5.76. The molecule has 1 aromatic rings. The lowest BCUT2D eigenvalue weighted by atomic mass is 9.91. The van der Waals surface area contributed by atoms with Crippen LogP contribution in [0.4, 0.5) is 0 Å². The molecule has 1 aromatic carbocycles. The summed E-state index contributed by atoms with van der Waals surface area (Å²) in [4.78, 5) is 0. The van der Waals surface area contributed by atoms with Crippen LogP contribution in [0.1, 0.15) is 55.7 Å². The summed E-state index contributed by atoms with van der Waals surface area (Å²) in [5, 5.41) is 0.